The lowest BCUT2D eigenvalue weighted by molar-refractivity contribution is -0.132. The minimum atomic E-state index is 0. The maximum atomic E-state index is 12.8. The molecule has 0 unspecified atom stereocenters. The van der Waals surface area contributed by atoms with Crippen molar-refractivity contribution in [3.8, 4) is 0 Å². The fourth-order valence-corrected chi connectivity index (χ4v) is 4.00. The molecule has 1 aliphatic carbocycles. The Labute approximate surface area is 162 Å². The molecule has 2 amide bonds. The lowest BCUT2D eigenvalue weighted by atomic mass is 10.0. The zero-order valence-corrected chi connectivity index (χ0v) is 16.4. The van der Waals surface area contributed by atoms with Crippen LogP contribution in [-0.2, 0) is 4.79 Å². The number of aryl methyl sites for hydroxylation is 1. The highest BCUT2D eigenvalue weighted by atomic mass is 35.5. The standard InChI is InChI=1S/C20H29N3O2.ClH/c1-15-7-8-17(21)14-18(15)20(25)23-10-4-9-22(11-12-23)19(24)13-16-5-2-3-6-16;/h7-8,14,16H,2-6,9-13,21H2,1H3;1H. The molecule has 1 saturated heterocycles. The van der Waals surface area contributed by atoms with Crippen LogP contribution < -0.4 is 5.73 Å². The third-order valence-corrected chi connectivity index (χ3v) is 5.57. The third-order valence-electron chi connectivity index (χ3n) is 5.57. The summed E-state index contributed by atoms with van der Waals surface area (Å²) in [5.41, 5.74) is 8.06. The number of nitrogens with zero attached hydrogens (tertiary/aromatic N) is 2. The fourth-order valence-electron chi connectivity index (χ4n) is 4.00. The largest absolute Gasteiger partial charge is 0.399 e. The summed E-state index contributed by atoms with van der Waals surface area (Å²) in [6.45, 7) is 4.62. The number of anilines is 1. The average Bonchev–Trinajstić information content (AvgIpc) is 2.97. The molecule has 0 bridgehead atoms. The maximum absolute atomic E-state index is 12.8. The average molecular weight is 380 g/mol. The number of carbonyl (C=O) groups is 2. The second kappa shape index (κ2) is 9.26. The highest BCUT2D eigenvalue weighted by Crippen LogP contribution is 2.28. The topological polar surface area (TPSA) is 66.6 Å². The summed E-state index contributed by atoms with van der Waals surface area (Å²) in [5, 5.41) is 0. The maximum Gasteiger partial charge on any atom is 0.254 e. The summed E-state index contributed by atoms with van der Waals surface area (Å²) >= 11 is 0. The number of halogens is 1. The lowest BCUT2D eigenvalue weighted by Gasteiger charge is -2.24. The number of hydrogen-bond acceptors (Lipinski definition) is 3. The van der Waals surface area contributed by atoms with Gasteiger partial charge in [-0.1, -0.05) is 18.9 Å². The van der Waals surface area contributed by atoms with Crippen LogP contribution in [0.3, 0.4) is 0 Å². The van der Waals surface area contributed by atoms with E-state index in [2.05, 4.69) is 0 Å². The number of benzene rings is 1. The zero-order valence-electron chi connectivity index (χ0n) is 15.6. The number of carbonyl (C=O) groups excluding carboxylic acids is 2. The van der Waals surface area contributed by atoms with E-state index in [4.69, 9.17) is 5.73 Å². The number of nitrogen functional groups attached to an aromatic ring is 1. The Morgan fingerprint density at radius 1 is 1.04 bits per heavy atom. The van der Waals surface area contributed by atoms with Gasteiger partial charge in [-0.15, -0.1) is 12.4 Å². The SMILES string of the molecule is Cc1ccc(N)cc1C(=O)N1CCCN(C(=O)CC2CCCC2)CC1.Cl. The highest BCUT2D eigenvalue weighted by Gasteiger charge is 2.26. The summed E-state index contributed by atoms with van der Waals surface area (Å²) in [6, 6.07) is 5.46. The van der Waals surface area contributed by atoms with E-state index in [0.717, 1.165) is 18.5 Å². The number of hydrogen-bond donors (Lipinski definition) is 1. The molecule has 1 aliphatic heterocycles. The first kappa shape index (κ1) is 20.6. The van der Waals surface area contributed by atoms with Crippen LogP contribution in [0.15, 0.2) is 18.2 Å². The van der Waals surface area contributed by atoms with Crippen LogP contribution >= 0.6 is 12.4 Å². The van der Waals surface area contributed by atoms with Crippen molar-refractivity contribution < 1.29 is 9.59 Å². The van der Waals surface area contributed by atoms with Crippen LogP contribution in [0, 0.1) is 12.8 Å². The Bertz CT molecular complexity index is 644. The zero-order chi connectivity index (χ0) is 17.8. The normalized spacial score (nSPS) is 18.3. The molecule has 0 atom stereocenters. The van der Waals surface area contributed by atoms with Crippen LogP contribution in [0.5, 0.6) is 0 Å². The summed E-state index contributed by atoms with van der Waals surface area (Å²) in [6.07, 6.45) is 6.43. The first-order chi connectivity index (χ1) is 12.0. The fraction of sp³-hybridized carbons (Fsp3) is 0.600. The number of nitrogens with two attached hydrogens (primary N) is 1. The molecule has 3 rings (SSSR count). The third kappa shape index (κ3) is 4.91. The van der Waals surface area contributed by atoms with Crippen LogP contribution in [0.4, 0.5) is 5.69 Å². The molecule has 144 valence electrons. The molecule has 0 aromatic heterocycles. The Hall–Kier alpha value is -1.75. The second-order valence-electron chi connectivity index (χ2n) is 7.46. The molecule has 1 heterocycles. The number of amides is 2. The smallest absolute Gasteiger partial charge is 0.254 e. The summed E-state index contributed by atoms with van der Waals surface area (Å²) in [7, 11) is 0. The van der Waals surface area contributed by atoms with Gasteiger partial charge in [0.2, 0.25) is 5.91 Å². The molecule has 1 aromatic rings. The minimum absolute atomic E-state index is 0. The lowest BCUT2D eigenvalue weighted by Crippen LogP contribution is -2.38. The predicted octanol–water partition coefficient (Wildman–Crippen LogP) is 3.25. The quantitative estimate of drug-likeness (QED) is 0.819. The predicted molar refractivity (Wildman–Crippen MR) is 107 cm³/mol. The Morgan fingerprint density at radius 3 is 2.42 bits per heavy atom. The van der Waals surface area contributed by atoms with Crippen molar-refractivity contribution in [3.05, 3.63) is 29.3 Å². The number of rotatable bonds is 3. The van der Waals surface area contributed by atoms with Gasteiger partial charge in [0.15, 0.2) is 0 Å². The molecule has 0 radical (unpaired) electrons. The molecule has 5 nitrogen and oxygen atoms in total. The van der Waals surface area contributed by atoms with Crippen molar-refractivity contribution >= 4 is 29.9 Å². The van der Waals surface area contributed by atoms with E-state index >= 15 is 0 Å². The van der Waals surface area contributed by atoms with Gasteiger partial charge in [0, 0.05) is 43.9 Å². The highest BCUT2D eigenvalue weighted by molar-refractivity contribution is 5.96. The van der Waals surface area contributed by atoms with Gasteiger partial charge in [0.1, 0.15) is 0 Å². The van der Waals surface area contributed by atoms with Crippen molar-refractivity contribution in [2.24, 2.45) is 5.92 Å². The van der Waals surface area contributed by atoms with Crippen LogP contribution in [0.25, 0.3) is 0 Å². The first-order valence-corrected chi connectivity index (χ1v) is 9.48. The molecular formula is C20H30ClN3O2. The van der Waals surface area contributed by atoms with E-state index in [1.54, 1.807) is 6.07 Å². The van der Waals surface area contributed by atoms with Crippen molar-refractivity contribution in [2.75, 3.05) is 31.9 Å². The van der Waals surface area contributed by atoms with Crippen molar-refractivity contribution in [2.45, 2.75) is 45.4 Å². The molecule has 6 heteroatoms. The summed E-state index contributed by atoms with van der Waals surface area (Å²) < 4.78 is 0. The summed E-state index contributed by atoms with van der Waals surface area (Å²) in [5.74, 6) is 0.861. The van der Waals surface area contributed by atoms with Crippen LogP contribution in [0.1, 0.15) is 54.4 Å². The van der Waals surface area contributed by atoms with Crippen molar-refractivity contribution in [1.29, 1.82) is 0 Å². The molecule has 26 heavy (non-hydrogen) atoms. The molecule has 1 aromatic carbocycles. The van der Waals surface area contributed by atoms with Gasteiger partial charge in [-0.3, -0.25) is 9.59 Å². The van der Waals surface area contributed by atoms with Crippen molar-refractivity contribution in [1.82, 2.24) is 9.80 Å². The van der Waals surface area contributed by atoms with Gasteiger partial charge < -0.3 is 15.5 Å². The molecule has 1 saturated carbocycles. The second-order valence-corrected chi connectivity index (χ2v) is 7.46. The van der Waals surface area contributed by atoms with Crippen molar-refractivity contribution in [3.63, 3.8) is 0 Å². The first-order valence-electron chi connectivity index (χ1n) is 9.48. The van der Waals surface area contributed by atoms with Gasteiger partial charge >= 0.3 is 0 Å². The minimum Gasteiger partial charge on any atom is -0.399 e. The van der Waals surface area contributed by atoms with Gasteiger partial charge in [-0.05, 0) is 49.8 Å². The molecule has 2 N–H and O–H groups in total. The van der Waals surface area contributed by atoms with E-state index in [0.29, 0.717) is 43.2 Å². The van der Waals surface area contributed by atoms with E-state index in [1.807, 2.05) is 28.9 Å². The Kier molecular flexibility index (Phi) is 7.33. The van der Waals surface area contributed by atoms with Gasteiger partial charge in [-0.25, -0.2) is 0 Å². The Morgan fingerprint density at radius 2 is 1.69 bits per heavy atom. The monoisotopic (exact) mass is 379 g/mol. The molecule has 2 fully saturated rings. The van der Waals surface area contributed by atoms with Gasteiger partial charge in [0.05, 0.1) is 0 Å². The summed E-state index contributed by atoms with van der Waals surface area (Å²) in [4.78, 5) is 29.2. The molecular weight excluding hydrogens is 350 g/mol. The van der Waals surface area contributed by atoms with Gasteiger partial charge in [-0.2, -0.15) is 0 Å². The molecule has 0 spiro atoms. The van der Waals surface area contributed by atoms with E-state index in [9.17, 15) is 9.59 Å². The Balaban J connectivity index is 0.00000243. The van der Waals surface area contributed by atoms with E-state index < -0.39 is 0 Å². The van der Waals surface area contributed by atoms with Crippen LogP contribution in [-0.4, -0.2) is 47.8 Å². The van der Waals surface area contributed by atoms with Gasteiger partial charge in [0.25, 0.3) is 5.91 Å². The van der Waals surface area contributed by atoms with E-state index in [1.165, 1.54) is 25.7 Å². The van der Waals surface area contributed by atoms with Crippen LogP contribution in [0.2, 0.25) is 0 Å². The van der Waals surface area contributed by atoms with E-state index in [-0.39, 0.29) is 24.2 Å². The molecule has 2 aliphatic rings.